The Morgan fingerprint density at radius 1 is 1.17 bits per heavy atom. The summed E-state index contributed by atoms with van der Waals surface area (Å²) < 4.78 is 14.2. The quantitative estimate of drug-likeness (QED) is 0.603. The summed E-state index contributed by atoms with van der Waals surface area (Å²) in [6.45, 7) is 5.13. The first-order valence-electron chi connectivity index (χ1n) is 9.77. The molecule has 154 valence electrons. The fourth-order valence-corrected chi connectivity index (χ4v) is 3.38. The summed E-state index contributed by atoms with van der Waals surface area (Å²) in [5, 5.41) is 6.30. The van der Waals surface area contributed by atoms with Crippen molar-refractivity contribution >= 4 is 23.2 Å². The van der Waals surface area contributed by atoms with E-state index in [0.29, 0.717) is 28.6 Å². The Labute approximate surface area is 174 Å². The zero-order chi connectivity index (χ0) is 21.1. The summed E-state index contributed by atoms with van der Waals surface area (Å²) >= 11 is 0. The van der Waals surface area contributed by atoms with Crippen molar-refractivity contribution < 1.29 is 9.18 Å². The van der Waals surface area contributed by atoms with Gasteiger partial charge in [0, 0.05) is 43.5 Å². The van der Waals surface area contributed by atoms with E-state index in [4.69, 9.17) is 10.7 Å². The number of nitrogens with zero attached hydrogens (tertiary/aromatic N) is 3. The predicted octanol–water partition coefficient (Wildman–Crippen LogP) is 2.84. The molecular formula is C22H23FN6O. The van der Waals surface area contributed by atoms with Crippen LogP contribution in [0, 0.1) is 12.7 Å². The van der Waals surface area contributed by atoms with Crippen molar-refractivity contribution in [2.24, 2.45) is 5.73 Å². The Kier molecular flexibility index (Phi) is 5.58. The third-order valence-corrected chi connectivity index (χ3v) is 4.98. The van der Waals surface area contributed by atoms with Crippen LogP contribution in [0.1, 0.15) is 15.9 Å². The number of rotatable bonds is 5. The van der Waals surface area contributed by atoms with Crippen LogP contribution in [-0.2, 0) is 0 Å². The van der Waals surface area contributed by atoms with Crippen molar-refractivity contribution in [1.82, 2.24) is 15.3 Å². The average molecular weight is 406 g/mol. The molecular weight excluding hydrogens is 383 g/mol. The maximum absolute atomic E-state index is 14.2. The molecule has 1 aromatic carbocycles. The molecule has 1 aliphatic rings. The monoisotopic (exact) mass is 406 g/mol. The number of nitrogens with one attached hydrogen (secondary N) is 2. The SMILES string of the molecule is Cc1ccc(Nc2cc(-c3cc(C(N)=O)cc(N4CCNCC4)n3)ccn2)c(F)c1. The van der Waals surface area contributed by atoms with Crippen molar-refractivity contribution in [3.63, 3.8) is 0 Å². The number of benzene rings is 1. The normalized spacial score (nSPS) is 13.9. The van der Waals surface area contributed by atoms with Crippen molar-refractivity contribution in [2.75, 3.05) is 36.4 Å². The summed E-state index contributed by atoms with van der Waals surface area (Å²) in [4.78, 5) is 23.0. The number of primary amides is 1. The summed E-state index contributed by atoms with van der Waals surface area (Å²) in [6.07, 6.45) is 1.62. The van der Waals surface area contributed by atoms with Gasteiger partial charge in [-0.15, -0.1) is 0 Å². The zero-order valence-electron chi connectivity index (χ0n) is 16.7. The van der Waals surface area contributed by atoms with Crippen molar-refractivity contribution in [2.45, 2.75) is 6.92 Å². The minimum atomic E-state index is -0.510. The predicted molar refractivity (Wildman–Crippen MR) is 115 cm³/mol. The second-order valence-corrected chi connectivity index (χ2v) is 7.24. The molecule has 0 atom stereocenters. The van der Waals surface area contributed by atoms with Crippen LogP contribution in [0.3, 0.4) is 0 Å². The van der Waals surface area contributed by atoms with Crippen LogP contribution in [-0.4, -0.2) is 42.1 Å². The van der Waals surface area contributed by atoms with Crippen molar-refractivity contribution in [1.29, 1.82) is 0 Å². The number of carbonyl (C=O) groups excluding carboxylic acids is 1. The standard InChI is InChI=1S/C22H23FN6O/c1-14-2-3-18(17(23)10-14)27-20-12-15(4-5-26-20)19-11-16(22(24)30)13-21(28-19)29-8-6-25-7-9-29/h2-5,10-13,25H,6-9H2,1H3,(H2,24,30)(H,26,27). The van der Waals surface area contributed by atoms with Crippen LogP contribution >= 0.6 is 0 Å². The van der Waals surface area contributed by atoms with E-state index in [1.54, 1.807) is 36.5 Å². The summed E-state index contributed by atoms with van der Waals surface area (Å²) in [5.41, 5.74) is 8.48. The van der Waals surface area contributed by atoms with E-state index in [9.17, 15) is 9.18 Å². The second kappa shape index (κ2) is 8.46. The van der Waals surface area contributed by atoms with E-state index in [1.807, 2.05) is 13.0 Å². The molecule has 1 amide bonds. The van der Waals surface area contributed by atoms with E-state index >= 15 is 0 Å². The molecule has 0 spiro atoms. The number of anilines is 3. The number of hydrogen-bond acceptors (Lipinski definition) is 6. The number of hydrogen-bond donors (Lipinski definition) is 3. The molecule has 3 aromatic rings. The molecule has 0 unspecified atom stereocenters. The molecule has 4 rings (SSSR count). The maximum Gasteiger partial charge on any atom is 0.248 e. The first-order chi connectivity index (χ1) is 14.5. The molecule has 1 fully saturated rings. The molecule has 8 heteroatoms. The molecule has 0 radical (unpaired) electrons. The maximum atomic E-state index is 14.2. The Hall–Kier alpha value is -3.52. The number of pyridine rings is 2. The highest BCUT2D eigenvalue weighted by Gasteiger charge is 2.16. The van der Waals surface area contributed by atoms with Gasteiger partial charge in [0.25, 0.3) is 0 Å². The van der Waals surface area contributed by atoms with E-state index in [-0.39, 0.29) is 5.82 Å². The Balaban J connectivity index is 1.68. The molecule has 7 nitrogen and oxygen atoms in total. The van der Waals surface area contributed by atoms with Crippen LogP contribution in [0.25, 0.3) is 11.3 Å². The lowest BCUT2D eigenvalue weighted by atomic mass is 10.1. The lowest BCUT2D eigenvalue weighted by molar-refractivity contribution is 0.1000. The summed E-state index contributed by atoms with van der Waals surface area (Å²) in [6, 6.07) is 11.9. The van der Waals surface area contributed by atoms with Gasteiger partial charge < -0.3 is 21.3 Å². The Morgan fingerprint density at radius 2 is 1.97 bits per heavy atom. The molecule has 0 bridgehead atoms. The van der Waals surface area contributed by atoms with Gasteiger partial charge >= 0.3 is 0 Å². The summed E-state index contributed by atoms with van der Waals surface area (Å²) in [5.74, 6) is 0.324. The zero-order valence-corrected chi connectivity index (χ0v) is 16.7. The number of carbonyl (C=O) groups is 1. The van der Waals surface area contributed by atoms with Gasteiger partial charge in [-0.3, -0.25) is 4.79 Å². The van der Waals surface area contributed by atoms with Crippen LogP contribution in [0.15, 0.2) is 48.7 Å². The van der Waals surface area contributed by atoms with Crippen LogP contribution in [0.2, 0.25) is 0 Å². The molecule has 2 aromatic heterocycles. The van der Waals surface area contributed by atoms with E-state index < -0.39 is 5.91 Å². The lowest BCUT2D eigenvalue weighted by Crippen LogP contribution is -2.44. The highest BCUT2D eigenvalue weighted by molar-refractivity contribution is 5.94. The third-order valence-electron chi connectivity index (χ3n) is 4.98. The fourth-order valence-electron chi connectivity index (χ4n) is 3.38. The van der Waals surface area contributed by atoms with Gasteiger partial charge in [-0.05, 0) is 48.9 Å². The second-order valence-electron chi connectivity index (χ2n) is 7.24. The molecule has 1 saturated heterocycles. The van der Waals surface area contributed by atoms with E-state index in [0.717, 1.165) is 37.3 Å². The van der Waals surface area contributed by atoms with E-state index in [2.05, 4.69) is 20.5 Å². The smallest absolute Gasteiger partial charge is 0.248 e. The minimum Gasteiger partial charge on any atom is -0.366 e. The van der Waals surface area contributed by atoms with Gasteiger partial charge in [0.2, 0.25) is 5.91 Å². The number of piperazine rings is 1. The van der Waals surface area contributed by atoms with E-state index in [1.165, 1.54) is 6.07 Å². The molecule has 30 heavy (non-hydrogen) atoms. The minimum absolute atomic E-state index is 0.339. The number of aromatic nitrogens is 2. The highest BCUT2D eigenvalue weighted by atomic mass is 19.1. The van der Waals surface area contributed by atoms with Crippen molar-refractivity contribution in [3.8, 4) is 11.3 Å². The van der Waals surface area contributed by atoms with Crippen LogP contribution < -0.4 is 21.3 Å². The highest BCUT2D eigenvalue weighted by Crippen LogP contribution is 2.26. The van der Waals surface area contributed by atoms with Crippen LogP contribution in [0.5, 0.6) is 0 Å². The number of nitrogens with two attached hydrogens (primary N) is 1. The summed E-state index contributed by atoms with van der Waals surface area (Å²) in [7, 11) is 0. The van der Waals surface area contributed by atoms with Crippen LogP contribution in [0.4, 0.5) is 21.7 Å². The van der Waals surface area contributed by atoms with Gasteiger partial charge in [0.15, 0.2) is 0 Å². The lowest BCUT2D eigenvalue weighted by Gasteiger charge is -2.29. The van der Waals surface area contributed by atoms with Gasteiger partial charge in [-0.25, -0.2) is 14.4 Å². The number of amides is 1. The molecule has 3 heterocycles. The first kappa shape index (κ1) is 19.8. The Bertz CT molecular complexity index is 1080. The van der Waals surface area contributed by atoms with Crippen molar-refractivity contribution in [3.05, 3.63) is 65.6 Å². The number of aryl methyl sites for hydroxylation is 1. The fraction of sp³-hybridized carbons (Fsp3) is 0.227. The van der Waals surface area contributed by atoms with Gasteiger partial charge in [-0.2, -0.15) is 0 Å². The molecule has 0 aliphatic carbocycles. The largest absolute Gasteiger partial charge is 0.366 e. The topological polar surface area (TPSA) is 96.2 Å². The molecule has 0 saturated carbocycles. The molecule has 1 aliphatic heterocycles. The van der Waals surface area contributed by atoms with Gasteiger partial charge in [0.05, 0.1) is 11.4 Å². The third kappa shape index (κ3) is 4.38. The molecule has 4 N–H and O–H groups in total. The Morgan fingerprint density at radius 3 is 2.70 bits per heavy atom. The average Bonchev–Trinajstić information content (AvgIpc) is 2.76. The first-order valence-corrected chi connectivity index (χ1v) is 9.77. The van der Waals surface area contributed by atoms with Gasteiger partial charge in [-0.1, -0.05) is 6.07 Å². The van der Waals surface area contributed by atoms with Gasteiger partial charge in [0.1, 0.15) is 17.5 Å². The number of halogens is 1.